The zero-order valence-electron chi connectivity index (χ0n) is 18.9. The smallest absolute Gasteiger partial charge is 0.407 e. The Morgan fingerprint density at radius 2 is 1.67 bits per heavy atom. The molecule has 0 aliphatic heterocycles. The van der Waals surface area contributed by atoms with Crippen molar-refractivity contribution in [3.05, 3.63) is 59.7 Å². The Kier molecular flexibility index (Phi) is 6.67. The fourth-order valence-electron chi connectivity index (χ4n) is 4.60. The van der Waals surface area contributed by atoms with Crippen LogP contribution < -0.4 is 10.6 Å². The average Bonchev–Trinajstić information content (AvgIpc) is 3.54. The molecule has 0 aromatic heterocycles. The van der Waals surface area contributed by atoms with Crippen molar-refractivity contribution < 1.29 is 24.2 Å². The van der Waals surface area contributed by atoms with Crippen LogP contribution in [-0.2, 0) is 14.3 Å². The molecule has 4 atom stereocenters. The van der Waals surface area contributed by atoms with Gasteiger partial charge in [-0.1, -0.05) is 68.8 Å². The number of fused-ring (bicyclic) bond motifs is 3. The lowest BCUT2D eigenvalue weighted by molar-refractivity contribution is -0.143. The molecule has 4 rings (SSSR count). The number of ether oxygens (including phenoxy) is 1. The van der Waals surface area contributed by atoms with Gasteiger partial charge in [0.2, 0.25) is 5.91 Å². The summed E-state index contributed by atoms with van der Waals surface area (Å²) in [5.41, 5.74) is 4.65. The highest BCUT2D eigenvalue weighted by atomic mass is 16.5. The van der Waals surface area contributed by atoms with Crippen LogP contribution in [0.15, 0.2) is 48.5 Å². The molecule has 2 aliphatic rings. The van der Waals surface area contributed by atoms with Crippen molar-refractivity contribution in [2.24, 2.45) is 17.8 Å². The third kappa shape index (κ3) is 4.87. The van der Waals surface area contributed by atoms with Crippen LogP contribution in [0.1, 0.15) is 43.7 Å². The lowest BCUT2D eigenvalue weighted by Gasteiger charge is -2.20. The topological polar surface area (TPSA) is 105 Å². The molecule has 174 valence electrons. The predicted octanol–water partition coefficient (Wildman–Crippen LogP) is 3.78. The van der Waals surface area contributed by atoms with Crippen LogP contribution in [0.3, 0.4) is 0 Å². The number of benzene rings is 2. The zero-order valence-corrected chi connectivity index (χ0v) is 18.9. The molecule has 0 heterocycles. The summed E-state index contributed by atoms with van der Waals surface area (Å²) in [7, 11) is 0. The van der Waals surface area contributed by atoms with Crippen LogP contribution in [0.4, 0.5) is 4.79 Å². The summed E-state index contributed by atoms with van der Waals surface area (Å²) in [5.74, 6) is -1.71. The lowest BCUT2D eigenvalue weighted by Crippen LogP contribution is -2.46. The first-order valence-corrected chi connectivity index (χ1v) is 11.5. The van der Waals surface area contributed by atoms with Crippen molar-refractivity contribution >= 4 is 18.0 Å². The number of hydrogen-bond acceptors (Lipinski definition) is 4. The van der Waals surface area contributed by atoms with Gasteiger partial charge < -0.3 is 20.5 Å². The molecule has 0 spiro atoms. The Bertz CT molecular complexity index is 1010. The minimum atomic E-state index is -1.02. The number of hydrogen-bond donors (Lipinski definition) is 3. The highest BCUT2D eigenvalue weighted by molar-refractivity contribution is 5.87. The van der Waals surface area contributed by atoms with Crippen molar-refractivity contribution in [3.8, 4) is 11.1 Å². The van der Waals surface area contributed by atoms with Gasteiger partial charge in [0.15, 0.2) is 0 Å². The van der Waals surface area contributed by atoms with E-state index in [1.807, 2.05) is 38.1 Å². The maximum Gasteiger partial charge on any atom is 0.407 e. The van der Waals surface area contributed by atoms with Crippen LogP contribution in [0.25, 0.3) is 11.1 Å². The minimum absolute atomic E-state index is 0.00291. The monoisotopic (exact) mass is 450 g/mol. The second-order valence-corrected chi connectivity index (χ2v) is 9.02. The number of alkyl carbamates (subject to hydrolysis) is 1. The van der Waals surface area contributed by atoms with E-state index in [1.165, 1.54) is 11.1 Å². The molecule has 0 saturated heterocycles. The molecule has 0 radical (unpaired) electrons. The van der Waals surface area contributed by atoms with Gasteiger partial charge in [-0.05, 0) is 40.5 Å². The molecule has 33 heavy (non-hydrogen) atoms. The SMILES string of the molecule is CCC(C)[C@H](NC(=O)[C@H]1C[C@H]1CNC(=O)OCC1c2ccccc2-c2ccccc21)C(=O)O. The quantitative estimate of drug-likeness (QED) is 0.539. The van der Waals surface area contributed by atoms with Gasteiger partial charge in [-0.2, -0.15) is 0 Å². The summed E-state index contributed by atoms with van der Waals surface area (Å²) in [4.78, 5) is 36.1. The van der Waals surface area contributed by atoms with Gasteiger partial charge in [-0.25, -0.2) is 9.59 Å². The van der Waals surface area contributed by atoms with Crippen molar-refractivity contribution in [3.63, 3.8) is 0 Å². The van der Waals surface area contributed by atoms with E-state index in [2.05, 4.69) is 34.9 Å². The summed E-state index contributed by atoms with van der Waals surface area (Å²) >= 11 is 0. The van der Waals surface area contributed by atoms with Gasteiger partial charge in [0.25, 0.3) is 0 Å². The Labute approximate surface area is 193 Å². The summed E-state index contributed by atoms with van der Waals surface area (Å²) < 4.78 is 5.53. The van der Waals surface area contributed by atoms with Crippen molar-refractivity contribution in [1.82, 2.24) is 10.6 Å². The first-order valence-electron chi connectivity index (χ1n) is 11.5. The normalized spacial score (nSPS) is 20.2. The van der Waals surface area contributed by atoms with E-state index in [-0.39, 0.29) is 36.2 Å². The average molecular weight is 451 g/mol. The molecule has 1 fully saturated rings. The van der Waals surface area contributed by atoms with Crippen molar-refractivity contribution in [2.75, 3.05) is 13.2 Å². The first kappa shape index (κ1) is 22.8. The summed E-state index contributed by atoms with van der Waals surface area (Å²) in [5, 5.41) is 14.8. The van der Waals surface area contributed by atoms with E-state index in [0.29, 0.717) is 19.4 Å². The Morgan fingerprint density at radius 1 is 1.06 bits per heavy atom. The third-order valence-electron chi connectivity index (χ3n) is 6.89. The standard InChI is InChI=1S/C26H30N2O5/c1-3-15(2)23(25(30)31)28-24(29)21-12-16(21)13-27-26(32)33-14-22-19-10-6-4-8-17(19)18-9-5-7-11-20(18)22/h4-11,15-16,21-23H,3,12-14H2,1-2H3,(H,27,32)(H,28,29)(H,30,31)/t15?,16-,21-,23-/m0/s1. The molecule has 7 nitrogen and oxygen atoms in total. The Morgan fingerprint density at radius 3 is 2.24 bits per heavy atom. The fourth-order valence-corrected chi connectivity index (χ4v) is 4.60. The van der Waals surface area contributed by atoms with E-state index in [0.717, 1.165) is 11.1 Å². The van der Waals surface area contributed by atoms with E-state index >= 15 is 0 Å². The van der Waals surface area contributed by atoms with Crippen molar-refractivity contribution in [1.29, 1.82) is 0 Å². The Hall–Kier alpha value is -3.35. The highest BCUT2D eigenvalue weighted by Crippen LogP contribution is 2.44. The molecule has 2 aromatic rings. The number of carbonyl (C=O) groups is 3. The minimum Gasteiger partial charge on any atom is -0.480 e. The molecule has 7 heteroatoms. The summed E-state index contributed by atoms with van der Waals surface area (Å²) in [6.07, 6.45) is 0.780. The number of carboxylic acid groups (broad SMARTS) is 1. The largest absolute Gasteiger partial charge is 0.480 e. The van der Waals surface area contributed by atoms with E-state index in [4.69, 9.17) is 4.74 Å². The maximum absolute atomic E-state index is 12.4. The van der Waals surface area contributed by atoms with Gasteiger partial charge in [-0.15, -0.1) is 0 Å². The van der Waals surface area contributed by atoms with Crippen LogP contribution in [-0.4, -0.2) is 42.3 Å². The number of amides is 2. The molecule has 2 amide bonds. The molecule has 3 N–H and O–H groups in total. The van der Waals surface area contributed by atoms with E-state index in [1.54, 1.807) is 0 Å². The van der Waals surface area contributed by atoms with Gasteiger partial charge in [0, 0.05) is 18.4 Å². The highest BCUT2D eigenvalue weighted by Gasteiger charge is 2.44. The second kappa shape index (κ2) is 9.65. The first-order chi connectivity index (χ1) is 15.9. The fraction of sp³-hybridized carbons (Fsp3) is 0.423. The molecule has 1 saturated carbocycles. The van der Waals surface area contributed by atoms with Crippen LogP contribution in [0.5, 0.6) is 0 Å². The van der Waals surface area contributed by atoms with E-state index < -0.39 is 18.1 Å². The third-order valence-corrected chi connectivity index (χ3v) is 6.89. The molecule has 2 aromatic carbocycles. The van der Waals surface area contributed by atoms with Crippen LogP contribution >= 0.6 is 0 Å². The number of carbonyl (C=O) groups excluding carboxylic acids is 2. The predicted molar refractivity (Wildman–Crippen MR) is 124 cm³/mol. The molecule has 0 bridgehead atoms. The van der Waals surface area contributed by atoms with Crippen LogP contribution in [0, 0.1) is 17.8 Å². The van der Waals surface area contributed by atoms with Gasteiger partial charge >= 0.3 is 12.1 Å². The molecular formula is C26H30N2O5. The second-order valence-electron chi connectivity index (χ2n) is 9.02. The molecule has 1 unspecified atom stereocenters. The Balaban J connectivity index is 1.25. The van der Waals surface area contributed by atoms with E-state index in [9.17, 15) is 19.5 Å². The van der Waals surface area contributed by atoms with Crippen molar-refractivity contribution in [2.45, 2.75) is 38.6 Å². The van der Waals surface area contributed by atoms with Gasteiger partial charge in [0.05, 0.1) is 0 Å². The number of rotatable bonds is 9. The number of nitrogens with one attached hydrogen (secondary N) is 2. The zero-order chi connectivity index (χ0) is 23.5. The van der Waals surface area contributed by atoms with Gasteiger partial charge in [-0.3, -0.25) is 4.79 Å². The maximum atomic E-state index is 12.4. The summed E-state index contributed by atoms with van der Waals surface area (Å²) in [6, 6.07) is 15.4. The number of aliphatic carboxylic acids is 1. The summed E-state index contributed by atoms with van der Waals surface area (Å²) in [6.45, 7) is 4.27. The van der Waals surface area contributed by atoms with Crippen LogP contribution in [0.2, 0.25) is 0 Å². The van der Waals surface area contributed by atoms with Gasteiger partial charge in [0.1, 0.15) is 12.6 Å². The lowest BCUT2D eigenvalue weighted by atomic mass is 9.98. The molecule has 2 aliphatic carbocycles. The molecular weight excluding hydrogens is 420 g/mol. The number of carboxylic acids is 1.